The smallest absolute Gasteiger partial charge is 0.255 e. The summed E-state index contributed by atoms with van der Waals surface area (Å²) in [5.41, 5.74) is 1.53. The van der Waals surface area contributed by atoms with Crippen LogP contribution in [0, 0.1) is 6.92 Å². The van der Waals surface area contributed by atoms with Crippen molar-refractivity contribution in [1.29, 1.82) is 0 Å². The zero-order valence-electron chi connectivity index (χ0n) is 11.8. The molecule has 0 fully saturated rings. The first-order chi connectivity index (χ1) is 9.04. The summed E-state index contributed by atoms with van der Waals surface area (Å²) in [7, 11) is 0. The normalized spacial score (nSPS) is 10.8. The SMILES string of the molecule is CCC(CC)N(CCO)C(=O)c1ccc(C)cc1Cl. The number of nitrogens with zero attached hydrogens (tertiary/aromatic N) is 1. The van der Waals surface area contributed by atoms with E-state index in [2.05, 4.69) is 0 Å². The highest BCUT2D eigenvalue weighted by Gasteiger charge is 2.23. The number of amides is 1. The van der Waals surface area contributed by atoms with Gasteiger partial charge in [0.1, 0.15) is 0 Å². The number of aliphatic hydroxyl groups excluding tert-OH is 1. The maximum atomic E-state index is 12.6. The van der Waals surface area contributed by atoms with E-state index < -0.39 is 0 Å². The standard InChI is InChI=1S/C15H22ClNO2/c1-4-12(5-2)17(8-9-18)15(19)13-7-6-11(3)10-14(13)16/h6-7,10,12,18H,4-5,8-9H2,1-3H3. The van der Waals surface area contributed by atoms with E-state index in [1.54, 1.807) is 17.0 Å². The minimum absolute atomic E-state index is 0.0360. The van der Waals surface area contributed by atoms with E-state index in [0.29, 0.717) is 17.1 Å². The molecule has 1 N–H and O–H groups in total. The number of benzene rings is 1. The molecule has 0 bridgehead atoms. The van der Waals surface area contributed by atoms with Gasteiger partial charge in [0.05, 0.1) is 17.2 Å². The second-order valence-corrected chi connectivity index (χ2v) is 5.08. The van der Waals surface area contributed by atoms with Gasteiger partial charge in [0, 0.05) is 12.6 Å². The number of aryl methyl sites for hydroxylation is 1. The summed E-state index contributed by atoms with van der Waals surface area (Å²) in [5, 5.41) is 9.63. The van der Waals surface area contributed by atoms with Crippen LogP contribution in [0.2, 0.25) is 5.02 Å². The monoisotopic (exact) mass is 283 g/mol. The third-order valence-electron chi connectivity index (χ3n) is 3.34. The van der Waals surface area contributed by atoms with Crippen LogP contribution in [0.5, 0.6) is 0 Å². The van der Waals surface area contributed by atoms with Gasteiger partial charge < -0.3 is 10.0 Å². The van der Waals surface area contributed by atoms with Crippen LogP contribution in [0.4, 0.5) is 0 Å². The van der Waals surface area contributed by atoms with Crippen molar-refractivity contribution in [2.75, 3.05) is 13.2 Å². The van der Waals surface area contributed by atoms with Gasteiger partial charge in [-0.05, 0) is 37.5 Å². The van der Waals surface area contributed by atoms with Crippen molar-refractivity contribution >= 4 is 17.5 Å². The van der Waals surface area contributed by atoms with Gasteiger partial charge in [-0.1, -0.05) is 31.5 Å². The van der Waals surface area contributed by atoms with Crippen LogP contribution in [0.3, 0.4) is 0 Å². The first kappa shape index (κ1) is 16.0. The van der Waals surface area contributed by atoms with Crippen molar-refractivity contribution in [2.45, 2.75) is 39.7 Å². The molecule has 106 valence electrons. The fourth-order valence-electron chi connectivity index (χ4n) is 2.24. The topological polar surface area (TPSA) is 40.5 Å². The molecule has 1 rings (SSSR count). The van der Waals surface area contributed by atoms with Gasteiger partial charge in [0.25, 0.3) is 5.91 Å². The number of carbonyl (C=O) groups excluding carboxylic acids is 1. The fourth-order valence-corrected chi connectivity index (χ4v) is 2.55. The summed E-state index contributed by atoms with van der Waals surface area (Å²) in [5.74, 6) is -0.104. The Morgan fingerprint density at radius 3 is 2.47 bits per heavy atom. The average Bonchev–Trinajstić information content (AvgIpc) is 2.38. The highest BCUT2D eigenvalue weighted by Crippen LogP contribution is 2.21. The Kier molecular flexibility index (Phi) is 6.32. The molecular formula is C15H22ClNO2. The summed E-state index contributed by atoms with van der Waals surface area (Å²) in [6.07, 6.45) is 1.73. The highest BCUT2D eigenvalue weighted by atomic mass is 35.5. The molecule has 0 saturated heterocycles. The molecule has 0 atom stereocenters. The average molecular weight is 284 g/mol. The molecule has 1 amide bonds. The van der Waals surface area contributed by atoms with Gasteiger partial charge in [-0.2, -0.15) is 0 Å². The first-order valence-electron chi connectivity index (χ1n) is 6.73. The van der Waals surface area contributed by atoms with Crippen molar-refractivity contribution in [3.8, 4) is 0 Å². The Balaban J connectivity index is 3.04. The summed E-state index contributed by atoms with van der Waals surface area (Å²) in [6.45, 7) is 6.33. The number of aliphatic hydroxyl groups is 1. The first-order valence-corrected chi connectivity index (χ1v) is 7.10. The van der Waals surface area contributed by atoms with Crippen LogP contribution in [0.25, 0.3) is 0 Å². The minimum atomic E-state index is -0.104. The molecule has 0 aromatic heterocycles. The second-order valence-electron chi connectivity index (χ2n) is 4.68. The lowest BCUT2D eigenvalue weighted by Crippen LogP contribution is -2.41. The molecule has 0 spiro atoms. The Morgan fingerprint density at radius 2 is 2.00 bits per heavy atom. The molecule has 0 heterocycles. The number of rotatable bonds is 6. The van der Waals surface area contributed by atoms with Crippen LogP contribution < -0.4 is 0 Å². The molecule has 0 saturated carbocycles. The Hall–Kier alpha value is -1.06. The maximum Gasteiger partial charge on any atom is 0.255 e. The van der Waals surface area contributed by atoms with E-state index >= 15 is 0 Å². The Morgan fingerprint density at radius 1 is 1.37 bits per heavy atom. The van der Waals surface area contributed by atoms with Crippen molar-refractivity contribution in [3.63, 3.8) is 0 Å². The molecule has 4 heteroatoms. The summed E-state index contributed by atoms with van der Waals surface area (Å²) >= 11 is 6.15. The Labute approximate surface area is 120 Å². The third-order valence-corrected chi connectivity index (χ3v) is 3.65. The van der Waals surface area contributed by atoms with E-state index in [0.717, 1.165) is 18.4 Å². The lowest BCUT2D eigenvalue weighted by atomic mass is 10.1. The number of hydrogen-bond donors (Lipinski definition) is 1. The summed E-state index contributed by atoms with van der Waals surface area (Å²) < 4.78 is 0. The highest BCUT2D eigenvalue weighted by molar-refractivity contribution is 6.33. The van der Waals surface area contributed by atoms with Gasteiger partial charge in [0.2, 0.25) is 0 Å². The van der Waals surface area contributed by atoms with Gasteiger partial charge >= 0.3 is 0 Å². The van der Waals surface area contributed by atoms with Gasteiger partial charge in [0.15, 0.2) is 0 Å². The molecule has 3 nitrogen and oxygen atoms in total. The van der Waals surface area contributed by atoms with Crippen LogP contribution >= 0.6 is 11.6 Å². The molecule has 0 aliphatic heterocycles. The van der Waals surface area contributed by atoms with Crippen LogP contribution in [0.15, 0.2) is 18.2 Å². The lowest BCUT2D eigenvalue weighted by Gasteiger charge is -2.30. The molecule has 19 heavy (non-hydrogen) atoms. The summed E-state index contributed by atoms with van der Waals surface area (Å²) in [6, 6.07) is 5.56. The molecule has 0 unspecified atom stereocenters. The number of halogens is 1. The third kappa shape index (κ3) is 3.95. The summed E-state index contributed by atoms with van der Waals surface area (Å²) in [4.78, 5) is 14.3. The van der Waals surface area contributed by atoms with Crippen LogP contribution in [-0.2, 0) is 0 Å². The Bertz CT molecular complexity index is 430. The number of hydrogen-bond acceptors (Lipinski definition) is 2. The van der Waals surface area contributed by atoms with Crippen molar-refractivity contribution < 1.29 is 9.90 Å². The van der Waals surface area contributed by atoms with E-state index in [9.17, 15) is 4.79 Å². The van der Waals surface area contributed by atoms with E-state index in [4.69, 9.17) is 16.7 Å². The fraction of sp³-hybridized carbons (Fsp3) is 0.533. The van der Waals surface area contributed by atoms with Crippen LogP contribution in [0.1, 0.15) is 42.6 Å². The molecule has 0 radical (unpaired) electrons. The molecule has 1 aromatic carbocycles. The predicted octanol–water partition coefficient (Wildman–Crippen LogP) is 3.27. The molecule has 0 aliphatic rings. The van der Waals surface area contributed by atoms with Crippen molar-refractivity contribution in [2.24, 2.45) is 0 Å². The zero-order chi connectivity index (χ0) is 14.4. The van der Waals surface area contributed by atoms with Crippen LogP contribution in [-0.4, -0.2) is 35.1 Å². The van der Waals surface area contributed by atoms with E-state index in [-0.39, 0.29) is 18.6 Å². The lowest BCUT2D eigenvalue weighted by molar-refractivity contribution is 0.0622. The quantitative estimate of drug-likeness (QED) is 0.870. The minimum Gasteiger partial charge on any atom is -0.395 e. The number of carbonyl (C=O) groups is 1. The molecule has 0 aliphatic carbocycles. The largest absolute Gasteiger partial charge is 0.395 e. The molecule has 1 aromatic rings. The predicted molar refractivity (Wildman–Crippen MR) is 78.7 cm³/mol. The van der Waals surface area contributed by atoms with E-state index in [1.165, 1.54) is 0 Å². The molecular weight excluding hydrogens is 262 g/mol. The van der Waals surface area contributed by atoms with Crippen molar-refractivity contribution in [1.82, 2.24) is 4.90 Å². The van der Waals surface area contributed by atoms with Crippen molar-refractivity contribution in [3.05, 3.63) is 34.3 Å². The van der Waals surface area contributed by atoms with E-state index in [1.807, 2.05) is 26.8 Å². The second kappa shape index (κ2) is 7.51. The van der Waals surface area contributed by atoms with Gasteiger partial charge in [-0.15, -0.1) is 0 Å². The van der Waals surface area contributed by atoms with Gasteiger partial charge in [-0.3, -0.25) is 4.79 Å². The zero-order valence-corrected chi connectivity index (χ0v) is 12.6. The van der Waals surface area contributed by atoms with Gasteiger partial charge in [-0.25, -0.2) is 0 Å². The maximum absolute atomic E-state index is 12.6.